The molecule has 158 valence electrons. The van der Waals surface area contributed by atoms with Crippen LogP contribution in [0, 0.1) is 24.7 Å². The summed E-state index contributed by atoms with van der Waals surface area (Å²) < 4.78 is 6.17. The average Bonchev–Trinajstić information content (AvgIpc) is 3.55. The third kappa shape index (κ3) is 2.22. The van der Waals surface area contributed by atoms with Gasteiger partial charge in [-0.1, -0.05) is 35.0 Å². The van der Waals surface area contributed by atoms with Gasteiger partial charge in [-0.3, -0.25) is 14.6 Å². The highest BCUT2D eigenvalue weighted by Gasteiger charge is 2.72. The zero-order valence-corrected chi connectivity index (χ0v) is 17.1. The lowest BCUT2D eigenvalue weighted by Crippen LogP contribution is -2.45. The van der Waals surface area contributed by atoms with Crippen LogP contribution in [-0.2, 0) is 19.2 Å². The predicted molar refractivity (Wildman–Crippen MR) is 114 cm³/mol. The number of carbonyl (C=O) groups excluding carboxylic acids is 2. The Kier molecular flexibility index (Phi) is 3.48. The molecular formula is C24H18N4O4. The van der Waals surface area contributed by atoms with Crippen LogP contribution in [0.4, 0.5) is 5.69 Å². The first-order valence-electron chi connectivity index (χ1n) is 10.7. The van der Waals surface area contributed by atoms with E-state index in [9.17, 15) is 9.59 Å². The highest BCUT2D eigenvalue weighted by Crippen LogP contribution is 2.55. The molecule has 3 fully saturated rings. The Balaban J connectivity index is 1.24. The van der Waals surface area contributed by atoms with Crippen LogP contribution in [0.2, 0.25) is 0 Å². The van der Waals surface area contributed by atoms with E-state index in [4.69, 9.17) is 14.6 Å². The third-order valence-corrected chi connectivity index (χ3v) is 7.04. The highest BCUT2D eigenvalue weighted by atomic mass is 16.7. The number of imide groups is 1. The fourth-order valence-corrected chi connectivity index (χ4v) is 5.60. The maximum Gasteiger partial charge on any atom is 0.240 e. The van der Waals surface area contributed by atoms with Crippen molar-refractivity contribution in [3.05, 3.63) is 66.0 Å². The Morgan fingerprint density at radius 1 is 0.844 bits per heavy atom. The minimum Gasteiger partial charge on any atom is -0.389 e. The topological polar surface area (TPSA) is 94.0 Å². The van der Waals surface area contributed by atoms with Crippen LogP contribution in [-0.4, -0.2) is 45.8 Å². The molecule has 5 heterocycles. The van der Waals surface area contributed by atoms with Gasteiger partial charge < -0.3 is 9.57 Å². The van der Waals surface area contributed by atoms with Gasteiger partial charge in [0.2, 0.25) is 11.8 Å². The number of hydrogen-bond donors (Lipinski definition) is 0. The van der Waals surface area contributed by atoms with E-state index in [1.165, 1.54) is 4.90 Å². The van der Waals surface area contributed by atoms with Crippen molar-refractivity contribution in [1.82, 2.24) is 9.97 Å². The van der Waals surface area contributed by atoms with E-state index in [1.807, 2.05) is 55.5 Å². The average molecular weight is 426 g/mol. The lowest BCUT2D eigenvalue weighted by molar-refractivity contribution is -0.125. The minimum absolute atomic E-state index is 0.217. The Labute approximate surface area is 182 Å². The number of benzene rings is 2. The molecule has 6 unspecified atom stereocenters. The van der Waals surface area contributed by atoms with Crippen molar-refractivity contribution >= 4 is 34.2 Å². The monoisotopic (exact) mass is 426 g/mol. The van der Waals surface area contributed by atoms with Crippen LogP contribution in [0.1, 0.15) is 11.3 Å². The molecule has 0 saturated carbocycles. The van der Waals surface area contributed by atoms with Crippen LogP contribution >= 0.6 is 0 Å². The standard InChI is InChI=1S/C24H18N4O4/c1-11-6-8-12(9-7-11)28-23(29)16-17(24(28)30)21-22-18(20(16)31-21)19(27-32-22)15-10-25-13-4-2-3-5-14(13)26-15/h2-10,16-18,20-22H,1H3. The molecule has 3 saturated heterocycles. The molecule has 0 aliphatic carbocycles. The summed E-state index contributed by atoms with van der Waals surface area (Å²) in [5, 5.41) is 4.30. The maximum absolute atomic E-state index is 13.4. The van der Waals surface area contributed by atoms with Gasteiger partial charge in [-0.2, -0.15) is 0 Å². The first-order valence-corrected chi connectivity index (χ1v) is 10.7. The van der Waals surface area contributed by atoms with Crippen molar-refractivity contribution in [2.45, 2.75) is 25.2 Å². The number of fused-ring (bicyclic) bond motifs is 9. The third-order valence-electron chi connectivity index (χ3n) is 7.04. The summed E-state index contributed by atoms with van der Waals surface area (Å²) in [6, 6.07) is 15.0. The molecule has 0 spiro atoms. The molecular weight excluding hydrogens is 408 g/mol. The summed E-state index contributed by atoms with van der Waals surface area (Å²) in [6.45, 7) is 1.97. The highest BCUT2D eigenvalue weighted by molar-refractivity contribution is 6.23. The smallest absolute Gasteiger partial charge is 0.240 e. The normalized spacial score (nSPS) is 32.3. The fourth-order valence-electron chi connectivity index (χ4n) is 5.60. The summed E-state index contributed by atoms with van der Waals surface area (Å²) in [4.78, 5) is 42.9. The number of para-hydroxylation sites is 2. The largest absolute Gasteiger partial charge is 0.389 e. The molecule has 4 aliphatic heterocycles. The van der Waals surface area contributed by atoms with Gasteiger partial charge in [-0.25, -0.2) is 9.88 Å². The number of oxime groups is 1. The van der Waals surface area contributed by atoms with Crippen LogP contribution in [0.5, 0.6) is 0 Å². The molecule has 7 rings (SSSR count). The van der Waals surface area contributed by atoms with E-state index in [2.05, 4.69) is 10.1 Å². The van der Waals surface area contributed by atoms with Gasteiger partial charge in [0.15, 0.2) is 6.10 Å². The van der Waals surface area contributed by atoms with Gasteiger partial charge in [-0.05, 0) is 31.2 Å². The molecule has 2 amide bonds. The van der Waals surface area contributed by atoms with E-state index < -0.39 is 30.1 Å². The number of aromatic nitrogens is 2. The quantitative estimate of drug-likeness (QED) is 0.584. The van der Waals surface area contributed by atoms with Crippen molar-refractivity contribution in [3.8, 4) is 0 Å². The second-order valence-corrected chi connectivity index (χ2v) is 8.78. The van der Waals surface area contributed by atoms with E-state index in [0.29, 0.717) is 17.1 Å². The van der Waals surface area contributed by atoms with Gasteiger partial charge in [0.25, 0.3) is 0 Å². The van der Waals surface area contributed by atoms with Crippen LogP contribution in [0.25, 0.3) is 11.0 Å². The van der Waals surface area contributed by atoms with Crippen molar-refractivity contribution < 1.29 is 19.2 Å². The molecule has 0 N–H and O–H groups in total. The number of aryl methyl sites for hydroxylation is 1. The minimum atomic E-state index is -0.549. The molecule has 4 aliphatic rings. The van der Waals surface area contributed by atoms with Crippen LogP contribution < -0.4 is 4.90 Å². The Hall–Kier alpha value is -3.65. The number of hydrogen-bond acceptors (Lipinski definition) is 7. The zero-order chi connectivity index (χ0) is 21.6. The van der Waals surface area contributed by atoms with Crippen molar-refractivity contribution in [1.29, 1.82) is 0 Å². The molecule has 3 aromatic rings. The van der Waals surface area contributed by atoms with E-state index in [1.54, 1.807) is 6.20 Å². The summed E-state index contributed by atoms with van der Waals surface area (Å²) >= 11 is 0. The number of ether oxygens (including phenoxy) is 1. The van der Waals surface area contributed by atoms with Gasteiger partial charge in [0, 0.05) is 0 Å². The SMILES string of the molecule is Cc1ccc(N2C(=O)C3C4OC(C5C(c6cnc7ccccc7n6)=NOC45)C3C2=O)cc1. The molecule has 32 heavy (non-hydrogen) atoms. The van der Waals surface area contributed by atoms with Crippen LogP contribution in [0.3, 0.4) is 0 Å². The summed E-state index contributed by atoms with van der Waals surface area (Å²) in [5.41, 5.74) is 4.46. The lowest BCUT2D eigenvalue weighted by Gasteiger charge is -2.25. The fraction of sp³-hybridized carbons (Fsp3) is 0.292. The first kappa shape index (κ1) is 18.0. The van der Waals surface area contributed by atoms with Gasteiger partial charge >= 0.3 is 0 Å². The van der Waals surface area contributed by atoms with E-state index in [-0.39, 0.29) is 17.7 Å². The lowest BCUT2D eigenvalue weighted by atomic mass is 9.72. The second-order valence-electron chi connectivity index (χ2n) is 8.78. The number of amides is 2. The predicted octanol–water partition coefficient (Wildman–Crippen LogP) is 2.24. The molecule has 2 aromatic carbocycles. The van der Waals surface area contributed by atoms with E-state index in [0.717, 1.165) is 16.6 Å². The van der Waals surface area contributed by atoms with Gasteiger partial charge in [0.05, 0.1) is 46.8 Å². The van der Waals surface area contributed by atoms with Crippen molar-refractivity contribution in [3.63, 3.8) is 0 Å². The summed E-state index contributed by atoms with van der Waals surface area (Å²) in [6.07, 6.45) is 0.295. The number of nitrogens with zero attached hydrogens (tertiary/aromatic N) is 4. The Morgan fingerprint density at radius 3 is 2.34 bits per heavy atom. The number of carbonyl (C=O) groups is 2. The number of rotatable bonds is 2. The molecule has 8 heteroatoms. The Bertz CT molecular complexity index is 1340. The van der Waals surface area contributed by atoms with Crippen molar-refractivity contribution in [2.75, 3.05) is 4.90 Å². The van der Waals surface area contributed by atoms with Crippen molar-refractivity contribution in [2.24, 2.45) is 22.9 Å². The molecule has 0 radical (unpaired) electrons. The van der Waals surface area contributed by atoms with Gasteiger partial charge in [0.1, 0.15) is 17.5 Å². The maximum atomic E-state index is 13.4. The van der Waals surface area contributed by atoms with E-state index >= 15 is 0 Å². The molecule has 2 bridgehead atoms. The molecule has 6 atom stereocenters. The molecule has 8 nitrogen and oxygen atoms in total. The first-order chi connectivity index (χ1) is 15.6. The second kappa shape index (κ2) is 6.20. The zero-order valence-electron chi connectivity index (χ0n) is 17.1. The number of anilines is 1. The summed E-state index contributed by atoms with van der Waals surface area (Å²) in [5.74, 6) is -1.79. The molecule has 1 aromatic heterocycles. The van der Waals surface area contributed by atoms with Crippen LogP contribution in [0.15, 0.2) is 59.9 Å². The summed E-state index contributed by atoms with van der Waals surface area (Å²) in [7, 11) is 0. The van der Waals surface area contributed by atoms with Gasteiger partial charge in [-0.15, -0.1) is 0 Å². The Morgan fingerprint density at radius 2 is 1.56 bits per heavy atom.